The maximum absolute atomic E-state index is 12.2. The number of nitriles is 1. The SMILES string of the molecule is C[C@H]1C[C@@H]1NC(=O)N1CCCN(Cc2ccc(C#N)cc2)CC1. The van der Waals surface area contributed by atoms with Crippen LogP contribution in [-0.2, 0) is 6.54 Å². The van der Waals surface area contributed by atoms with E-state index < -0.39 is 0 Å². The highest BCUT2D eigenvalue weighted by atomic mass is 16.2. The van der Waals surface area contributed by atoms with E-state index in [9.17, 15) is 4.79 Å². The van der Waals surface area contributed by atoms with Gasteiger partial charge in [-0.15, -0.1) is 0 Å². The summed E-state index contributed by atoms with van der Waals surface area (Å²) in [5.41, 5.74) is 1.91. The smallest absolute Gasteiger partial charge is 0.317 e. The number of hydrogen-bond acceptors (Lipinski definition) is 3. The van der Waals surface area contributed by atoms with Crippen molar-refractivity contribution in [3.05, 3.63) is 35.4 Å². The second kappa shape index (κ2) is 7.01. The van der Waals surface area contributed by atoms with Gasteiger partial charge < -0.3 is 10.2 Å². The molecule has 0 aromatic heterocycles. The van der Waals surface area contributed by atoms with Crippen LogP contribution < -0.4 is 5.32 Å². The molecule has 1 aliphatic heterocycles. The van der Waals surface area contributed by atoms with E-state index in [2.05, 4.69) is 23.2 Å². The summed E-state index contributed by atoms with van der Waals surface area (Å²) in [4.78, 5) is 16.6. The van der Waals surface area contributed by atoms with Gasteiger partial charge in [-0.05, 0) is 36.5 Å². The third-order valence-corrected chi connectivity index (χ3v) is 4.78. The predicted molar refractivity (Wildman–Crippen MR) is 88.7 cm³/mol. The largest absolute Gasteiger partial charge is 0.335 e. The third kappa shape index (κ3) is 4.23. The molecule has 2 atom stereocenters. The van der Waals surface area contributed by atoms with Crippen LogP contribution >= 0.6 is 0 Å². The Kier molecular flexibility index (Phi) is 4.82. The van der Waals surface area contributed by atoms with E-state index in [0.717, 1.165) is 45.6 Å². The lowest BCUT2D eigenvalue weighted by Gasteiger charge is -2.22. The Balaban J connectivity index is 1.49. The van der Waals surface area contributed by atoms with Gasteiger partial charge in [0.05, 0.1) is 11.6 Å². The maximum Gasteiger partial charge on any atom is 0.317 e. The number of nitrogens with zero attached hydrogens (tertiary/aromatic N) is 3. The van der Waals surface area contributed by atoms with Crippen molar-refractivity contribution in [3.8, 4) is 6.07 Å². The lowest BCUT2D eigenvalue weighted by Crippen LogP contribution is -2.43. The zero-order valence-corrected chi connectivity index (χ0v) is 13.7. The molecule has 2 amide bonds. The van der Waals surface area contributed by atoms with Crippen molar-refractivity contribution in [3.63, 3.8) is 0 Å². The number of hydrogen-bond donors (Lipinski definition) is 1. The summed E-state index contributed by atoms with van der Waals surface area (Å²) in [5.74, 6) is 0.638. The fraction of sp³-hybridized carbons (Fsp3) is 0.556. The van der Waals surface area contributed by atoms with Crippen molar-refractivity contribution < 1.29 is 4.79 Å². The lowest BCUT2D eigenvalue weighted by molar-refractivity contribution is 0.197. The molecule has 0 unspecified atom stereocenters. The molecule has 2 aliphatic rings. The normalized spacial score (nSPS) is 24.6. The van der Waals surface area contributed by atoms with Gasteiger partial charge in [-0.3, -0.25) is 4.90 Å². The topological polar surface area (TPSA) is 59.4 Å². The van der Waals surface area contributed by atoms with E-state index in [-0.39, 0.29) is 6.03 Å². The summed E-state index contributed by atoms with van der Waals surface area (Å²) < 4.78 is 0. The molecule has 1 aliphatic carbocycles. The number of benzene rings is 1. The van der Waals surface area contributed by atoms with Crippen LogP contribution in [0.4, 0.5) is 4.79 Å². The van der Waals surface area contributed by atoms with Crippen LogP contribution in [0.25, 0.3) is 0 Å². The van der Waals surface area contributed by atoms with Crippen LogP contribution in [0.5, 0.6) is 0 Å². The molecule has 2 fully saturated rings. The average molecular weight is 312 g/mol. The van der Waals surface area contributed by atoms with Gasteiger partial charge in [-0.2, -0.15) is 5.26 Å². The lowest BCUT2D eigenvalue weighted by atomic mass is 10.1. The molecule has 23 heavy (non-hydrogen) atoms. The van der Waals surface area contributed by atoms with Crippen molar-refractivity contribution in [1.29, 1.82) is 5.26 Å². The Bertz CT molecular complexity index is 592. The van der Waals surface area contributed by atoms with Gasteiger partial charge in [0.1, 0.15) is 0 Å². The van der Waals surface area contributed by atoms with Gasteiger partial charge in [0.25, 0.3) is 0 Å². The first-order valence-electron chi connectivity index (χ1n) is 8.42. The van der Waals surface area contributed by atoms with Crippen LogP contribution in [0, 0.1) is 17.2 Å². The number of rotatable bonds is 3. The van der Waals surface area contributed by atoms with E-state index in [4.69, 9.17) is 5.26 Å². The molecule has 5 heteroatoms. The van der Waals surface area contributed by atoms with Crippen LogP contribution in [0.3, 0.4) is 0 Å². The van der Waals surface area contributed by atoms with Crippen LogP contribution in [0.2, 0.25) is 0 Å². The minimum Gasteiger partial charge on any atom is -0.335 e. The first-order valence-corrected chi connectivity index (χ1v) is 8.42. The molecular weight excluding hydrogens is 288 g/mol. The number of urea groups is 1. The van der Waals surface area contributed by atoms with Crippen molar-refractivity contribution >= 4 is 6.03 Å². The first kappa shape index (κ1) is 15.8. The van der Waals surface area contributed by atoms with Crippen molar-refractivity contribution in [2.75, 3.05) is 26.2 Å². The number of carbonyl (C=O) groups excluding carboxylic acids is 1. The summed E-state index contributed by atoms with van der Waals surface area (Å²) in [6.45, 7) is 6.56. The van der Waals surface area contributed by atoms with Crippen LogP contribution in [-0.4, -0.2) is 48.1 Å². The predicted octanol–water partition coefficient (Wildman–Crippen LogP) is 2.18. The Morgan fingerprint density at radius 2 is 2.00 bits per heavy atom. The molecule has 0 spiro atoms. The zero-order valence-electron chi connectivity index (χ0n) is 13.7. The zero-order chi connectivity index (χ0) is 16.2. The minimum absolute atomic E-state index is 0.0968. The van der Waals surface area contributed by atoms with E-state index in [1.54, 1.807) is 0 Å². The molecular formula is C18H24N4O. The van der Waals surface area contributed by atoms with E-state index in [0.29, 0.717) is 17.5 Å². The molecule has 1 aromatic carbocycles. The molecule has 0 bridgehead atoms. The van der Waals surface area contributed by atoms with Crippen LogP contribution in [0.1, 0.15) is 30.9 Å². The summed E-state index contributed by atoms with van der Waals surface area (Å²) in [6.07, 6.45) is 2.12. The molecule has 1 heterocycles. The summed E-state index contributed by atoms with van der Waals surface area (Å²) in [7, 11) is 0. The molecule has 3 rings (SSSR count). The van der Waals surface area contributed by atoms with Gasteiger partial charge in [0, 0.05) is 38.8 Å². The average Bonchev–Trinajstić information content (AvgIpc) is 3.30. The summed E-state index contributed by atoms with van der Waals surface area (Å²) in [6, 6.07) is 10.4. The Morgan fingerprint density at radius 1 is 1.26 bits per heavy atom. The van der Waals surface area contributed by atoms with Gasteiger partial charge in [0.2, 0.25) is 0 Å². The monoisotopic (exact) mass is 312 g/mol. The van der Waals surface area contributed by atoms with Gasteiger partial charge in [-0.25, -0.2) is 4.79 Å². The van der Waals surface area contributed by atoms with Gasteiger partial charge >= 0.3 is 6.03 Å². The van der Waals surface area contributed by atoms with Crippen molar-refractivity contribution in [2.24, 2.45) is 5.92 Å². The van der Waals surface area contributed by atoms with Gasteiger partial charge in [-0.1, -0.05) is 19.1 Å². The number of amides is 2. The molecule has 1 saturated heterocycles. The highest BCUT2D eigenvalue weighted by Gasteiger charge is 2.35. The fourth-order valence-corrected chi connectivity index (χ4v) is 3.05. The second-order valence-electron chi connectivity index (χ2n) is 6.69. The van der Waals surface area contributed by atoms with Crippen molar-refractivity contribution in [1.82, 2.24) is 15.1 Å². The quantitative estimate of drug-likeness (QED) is 0.930. The Labute approximate surface area is 137 Å². The van der Waals surface area contributed by atoms with Gasteiger partial charge in [0.15, 0.2) is 0 Å². The number of carbonyl (C=O) groups is 1. The maximum atomic E-state index is 12.2. The van der Waals surface area contributed by atoms with E-state index >= 15 is 0 Å². The third-order valence-electron chi connectivity index (χ3n) is 4.78. The summed E-state index contributed by atoms with van der Waals surface area (Å²) >= 11 is 0. The standard InChI is InChI=1S/C18H24N4O/c1-14-11-17(14)20-18(23)22-8-2-7-21(9-10-22)13-16-5-3-15(12-19)4-6-16/h3-6,14,17H,2,7-11,13H2,1H3,(H,20,23)/t14-,17-/m0/s1. The molecule has 5 nitrogen and oxygen atoms in total. The highest BCUT2D eigenvalue weighted by molar-refractivity contribution is 5.75. The molecule has 0 radical (unpaired) electrons. The first-order chi connectivity index (χ1) is 11.2. The van der Waals surface area contributed by atoms with E-state index in [1.807, 2.05) is 29.2 Å². The van der Waals surface area contributed by atoms with Crippen molar-refractivity contribution in [2.45, 2.75) is 32.4 Å². The van der Waals surface area contributed by atoms with E-state index in [1.165, 1.54) is 5.56 Å². The summed E-state index contributed by atoms with van der Waals surface area (Å²) in [5, 5.41) is 12.0. The Hall–Kier alpha value is -2.06. The number of nitrogens with one attached hydrogen (secondary N) is 1. The second-order valence-corrected chi connectivity index (χ2v) is 6.69. The minimum atomic E-state index is 0.0968. The highest BCUT2D eigenvalue weighted by Crippen LogP contribution is 2.29. The Morgan fingerprint density at radius 3 is 2.65 bits per heavy atom. The van der Waals surface area contributed by atoms with Crippen LogP contribution in [0.15, 0.2) is 24.3 Å². The molecule has 122 valence electrons. The molecule has 1 aromatic rings. The molecule has 1 saturated carbocycles. The molecule has 1 N–H and O–H groups in total. The fourth-order valence-electron chi connectivity index (χ4n) is 3.05.